The first kappa shape index (κ1) is 16.5. The molecule has 1 fully saturated rings. The standard InChI is InChI=1S/C14H19BrN2O.ClH/c1-9-6-12(15)4-5-13(9)14(18)17-7-10(2)16-11(3)8-17;/h4-6,10-11,16H,7-8H2,1-3H3;1H. The van der Waals surface area contributed by atoms with Gasteiger partial charge in [-0.05, 0) is 44.5 Å². The quantitative estimate of drug-likeness (QED) is 0.847. The molecule has 2 rings (SSSR count). The summed E-state index contributed by atoms with van der Waals surface area (Å²) in [6.07, 6.45) is 0. The fourth-order valence-electron chi connectivity index (χ4n) is 2.53. The molecule has 19 heavy (non-hydrogen) atoms. The van der Waals surface area contributed by atoms with Gasteiger partial charge in [0.25, 0.3) is 5.91 Å². The molecule has 0 saturated carbocycles. The number of carbonyl (C=O) groups is 1. The molecule has 1 amide bonds. The highest BCUT2D eigenvalue weighted by atomic mass is 79.9. The van der Waals surface area contributed by atoms with Crippen LogP contribution in [0.4, 0.5) is 0 Å². The van der Waals surface area contributed by atoms with E-state index in [1.54, 1.807) is 0 Å². The summed E-state index contributed by atoms with van der Waals surface area (Å²) in [6.45, 7) is 7.76. The van der Waals surface area contributed by atoms with Gasteiger partial charge in [0.1, 0.15) is 0 Å². The first-order valence-corrected chi connectivity index (χ1v) is 7.08. The van der Waals surface area contributed by atoms with Crippen LogP contribution < -0.4 is 5.32 Å². The summed E-state index contributed by atoms with van der Waals surface area (Å²) < 4.78 is 1.01. The second-order valence-corrected chi connectivity index (χ2v) is 6.05. The van der Waals surface area contributed by atoms with Gasteiger partial charge in [-0.15, -0.1) is 12.4 Å². The Bertz CT molecular complexity index is 457. The van der Waals surface area contributed by atoms with E-state index in [0.29, 0.717) is 12.1 Å². The number of nitrogens with one attached hydrogen (secondary N) is 1. The van der Waals surface area contributed by atoms with Crippen molar-refractivity contribution in [2.24, 2.45) is 0 Å². The van der Waals surface area contributed by atoms with Crippen LogP contribution in [-0.4, -0.2) is 36.0 Å². The molecule has 1 saturated heterocycles. The maximum atomic E-state index is 12.5. The van der Waals surface area contributed by atoms with Gasteiger partial charge in [0.05, 0.1) is 0 Å². The topological polar surface area (TPSA) is 32.3 Å². The first-order chi connectivity index (χ1) is 8.47. The molecule has 1 aliphatic heterocycles. The summed E-state index contributed by atoms with van der Waals surface area (Å²) in [5.74, 6) is 0.139. The molecule has 3 nitrogen and oxygen atoms in total. The van der Waals surface area contributed by atoms with Crippen molar-refractivity contribution < 1.29 is 4.79 Å². The van der Waals surface area contributed by atoms with Gasteiger partial charge in [0.2, 0.25) is 0 Å². The Balaban J connectivity index is 0.00000180. The molecule has 0 spiro atoms. The Hall–Kier alpha value is -0.580. The lowest BCUT2D eigenvalue weighted by atomic mass is 10.1. The van der Waals surface area contributed by atoms with E-state index < -0.39 is 0 Å². The predicted octanol–water partition coefficient (Wildman–Crippen LogP) is 3.00. The lowest BCUT2D eigenvalue weighted by molar-refractivity contribution is 0.0673. The van der Waals surface area contributed by atoms with Gasteiger partial charge < -0.3 is 10.2 Å². The predicted molar refractivity (Wildman–Crippen MR) is 84.1 cm³/mol. The molecule has 0 aliphatic carbocycles. The van der Waals surface area contributed by atoms with Crippen molar-refractivity contribution in [1.82, 2.24) is 10.2 Å². The third kappa shape index (κ3) is 3.94. The van der Waals surface area contributed by atoms with Gasteiger partial charge in [0.15, 0.2) is 0 Å². The van der Waals surface area contributed by atoms with Gasteiger partial charge in [0, 0.05) is 35.2 Å². The summed E-state index contributed by atoms with van der Waals surface area (Å²) in [7, 11) is 0. The average Bonchev–Trinajstić information content (AvgIpc) is 2.26. The molecule has 0 radical (unpaired) electrons. The monoisotopic (exact) mass is 346 g/mol. The van der Waals surface area contributed by atoms with Crippen LogP contribution in [-0.2, 0) is 0 Å². The van der Waals surface area contributed by atoms with Crippen LogP contribution >= 0.6 is 28.3 Å². The number of nitrogens with zero attached hydrogens (tertiary/aromatic N) is 1. The fraction of sp³-hybridized carbons (Fsp3) is 0.500. The normalized spacial score (nSPS) is 22.8. The van der Waals surface area contributed by atoms with E-state index in [-0.39, 0.29) is 18.3 Å². The molecule has 106 valence electrons. The number of rotatable bonds is 1. The highest BCUT2D eigenvalue weighted by molar-refractivity contribution is 9.10. The van der Waals surface area contributed by atoms with Crippen molar-refractivity contribution in [3.05, 3.63) is 33.8 Å². The molecule has 2 unspecified atom stereocenters. The minimum Gasteiger partial charge on any atom is -0.336 e. The molecule has 5 heteroatoms. The number of halogens is 2. The largest absolute Gasteiger partial charge is 0.336 e. The molecule has 1 aliphatic rings. The number of hydrogen-bond acceptors (Lipinski definition) is 2. The third-order valence-electron chi connectivity index (χ3n) is 3.26. The van der Waals surface area contributed by atoms with Gasteiger partial charge in [-0.2, -0.15) is 0 Å². The average molecular weight is 348 g/mol. The number of aryl methyl sites for hydroxylation is 1. The first-order valence-electron chi connectivity index (χ1n) is 6.29. The highest BCUT2D eigenvalue weighted by Crippen LogP contribution is 2.18. The zero-order valence-electron chi connectivity index (χ0n) is 11.4. The lowest BCUT2D eigenvalue weighted by Crippen LogP contribution is -2.55. The maximum Gasteiger partial charge on any atom is 0.254 e. The SMILES string of the molecule is Cc1cc(Br)ccc1C(=O)N1CC(C)NC(C)C1.Cl. The van der Waals surface area contributed by atoms with E-state index in [1.807, 2.05) is 30.0 Å². The van der Waals surface area contributed by atoms with Crippen molar-refractivity contribution >= 4 is 34.2 Å². The smallest absolute Gasteiger partial charge is 0.254 e. The minimum atomic E-state index is 0. The minimum absolute atomic E-state index is 0. The molecule has 1 aromatic rings. The summed E-state index contributed by atoms with van der Waals surface area (Å²) in [6, 6.07) is 6.53. The summed E-state index contributed by atoms with van der Waals surface area (Å²) in [5, 5.41) is 3.44. The van der Waals surface area contributed by atoms with E-state index in [0.717, 1.165) is 28.7 Å². The number of piperazine rings is 1. The van der Waals surface area contributed by atoms with Crippen LogP contribution in [0.5, 0.6) is 0 Å². The summed E-state index contributed by atoms with van der Waals surface area (Å²) in [4.78, 5) is 14.5. The van der Waals surface area contributed by atoms with Crippen LogP contribution in [0.2, 0.25) is 0 Å². The van der Waals surface area contributed by atoms with E-state index >= 15 is 0 Å². The Kier molecular flexibility index (Phi) is 5.83. The van der Waals surface area contributed by atoms with Crippen molar-refractivity contribution in [3.8, 4) is 0 Å². The fourth-order valence-corrected chi connectivity index (χ4v) is 3.01. The van der Waals surface area contributed by atoms with E-state index in [9.17, 15) is 4.79 Å². The Morgan fingerprint density at radius 3 is 2.42 bits per heavy atom. The van der Waals surface area contributed by atoms with Gasteiger partial charge >= 0.3 is 0 Å². The zero-order chi connectivity index (χ0) is 13.3. The van der Waals surface area contributed by atoms with E-state index in [1.165, 1.54) is 0 Å². The lowest BCUT2D eigenvalue weighted by Gasteiger charge is -2.36. The molecule has 2 atom stereocenters. The van der Waals surface area contributed by atoms with E-state index in [4.69, 9.17) is 0 Å². The zero-order valence-corrected chi connectivity index (χ0v) is 13.8. The Morgan fingerprint density at radius 1 is 1.32 bits per heavy atom. The molecular weight excluding hydrogens is 328 g/mol. The van der Waals surface area contributed by atoms with Crippen LogP contribution in [0.1, 0.15) is 29.8 Å². The van der Waals surface area contributed by atoms with Crippen LogP contribution in [0, 0.1) is 6.92 Å². The second kappa shape index (κ2) is 6.73. The molecule has 0 bridgehead atoms. The van der Waals surface area contributed by atoms with Gasteiger partial charge in [-0.25, -0.2) is 0 Å². The van der Waals surface area contributed by atoms with Crippen molar-refractivity contribution in [2.45, 2.75) is 32.9 Å². The number of benzene rings is 1. The highest BCUT2D eigenvalue weighted by Gasteiger charge is 2.26. The van der Waals surface area contributed by atoms with Crippen LogP contribution in [0.25, 0.3) is 0 Å². The van der Waals surface area contributed by atoms with Crippen LogP contribution in [0.3, 0.4) is 0 Å². The molecular formula is C14H20BrClN2O. The van der Waals surface area contributed by atoms with Crippen LogP contribution in [0.15, 0.2) is 22.7 Å². The Labute approximate surface area is 129 Å². The third-order valence-corrected chi connectivity index (χ3v) is 3.76. The second-order valence-electron chi connectivity index (χ2n) is 5.14. The van der Waals surface area contributed by atoms with Crippen molar-refractivity contribution in [1.29, 1.82) is 0 Å². The maximum absolute atomic E-state index is 12.5. The molecule has 1 N–H and O–H groups in total. The van der Waals surface area contributed by atoms with E-state index in [2.05, 4.69) is 35.1 Å². The number of amides is 1. The Morgan fingerprint density at radius 2 is 1.89 bits per heavy atom. The number of carbonyl (C=O) groups excluding carboxylic acids is 1. The van der Waals surface area contributed by atoms with Gasteiger partial charge in [-0.3, -0.25) is 4.79 Å². The van der Waals surface area contributed by atoms with Crippen molar-refractivity contribution in [3.63, 3.8) is 0 Å². The van der Waals surface area contributed by atoms with Crippen molar-refractivity contribution in [2.75, 3.05) is 13.1 Å². The summed E-state index contributed by atoms with van der Waals surface area (Å²) in [5.41, 5.74) is 1.83. The summed E-state index contributed by atoms with van der Waals surface area (Å²) >= 11 is 3.43. The van der Waals surface area contributed by atoms with Gasteiger partial charge in [-0.1, -0.05) is 15.9 Å². The molecule has 1 heterocycles. The number of hydrogen-bond donors (Lipinski definition) is 1. The molecule has 0 aromatic heterocycles. The molecule has 1 aromatic carbocycles.